The number of nitro groups is 2. The minimum absolute atomic E-state index is 0.167. The van der Waals surface area contributed by atoms with E-state index in [0.29, 0.717) is 11.7 Å². The van der Waals surface area contributed by atoms with Crippen LogP contribution in [0.4, 0.5) is 17.1 Å². The lowest BCUT2D eigenvalue weighted by atomic mass is 9.99. The largest absolute Gasteiger partial charge is 0.375 e. The van der Waals surface area contributed by atoms with Crippen molar-refractivity contribution in [1.82, 2.24) is 4.90 Å². The van der Waals surface area contributed by atoms with Gasteiger partial charge in [-0.3, -0.25) is 25.1 Å². The zero-order valence-corrected chi connectivity index (χ0v) is 12.1. The number of fused-ring (bicyclic) bond motifs is 1. The van der Waals surface area contributed by atoms with Gasteiger partial charge in [-0.15, -0.1) is 0 Å². The third-order valence-corrected chi connectivity index (χ3v) is 4.59. The minimum atomic E-state index is -0.616. The number of hydrogen-bond acceptors (Lipinski definition) is 6. The van der Waals surface area contributed by atoms with Gasteiger partial charge < -0.3 is 5.32 Å². The molecule has 8 heteroatoms. The predicted octanol–water partition coefficient (Wildman–Crippen LogP) is 2.54. The Labute approximate surface area is 127 Å². The second-order valence-electron chi connectivity index (χ2n) is 5.85. The highest BCUT2D eigenvalue weighted by atomic mass is 16.6. The third-order valence-electron chi connectivity index (χ3n) is 4.59. The molecule has 0 aromatic heterocycles. The molecule has 0 amide bonds. The second kappa shape index (κ2) is 5.88. The molecule has 2 fully saturated rings. The molecule has 1 aromatic rings. The van der Waals surface area contributed by atoms with Gasteiger partial charge in [0.25, 0.3) is 11.4 Å². The Hall–Kier alpha value is -2.22. The van der Waals surface area contributed by atoms with Gasteiger partial charge in [0.05, 0.1) is 15.9 Å². The van der Waals surface area contributed by atoms with E-state index in [4.69, 9.17) is 0 Å². The van der Waals surface area contributed by atoms with Crippen molar-refractivity contribution >= 4 is 17.1 Å². The molecular formula is C14H18N4O4. The summed E-state index contributed by atoms with van der Waals surface area (Å²) in [4.78, 5) is 23.2. The van der Waals surface area contributed by atoms with Gasteiger partial charge in [0, 0.05) is 24.7 Å². The van der Waals surface area contributed by atoms with E-state index in [-0.39, 0.29) is 17.4 Å². The highest BCUT2D eigenvalue weighted by Gasteiger charge is 2.36. The van der Waals surface area contributed by atoms with E-state index in [0.717, 1.165) is 32.0 Å². The van der Waals surface area contributed by atoms with Gasteiger partial charge in [-0.25, -0.2) is 0 Å². The van der Waals surface area contributed by atoms with Crippen LogP contribution >= 0.6 is 0 Å². The summed E-state index contributed by atoms with van der Waals surface area (Å²) >= 11 is 0. The number of non-ortho nitro benzene ring substituents is 1. The molecule has 1 aromatic carbocycles. The summed E-state index contributed by atoms with van der Waals surface area (Å²) in [6.07, 6.45) is 4.43. The minimum Gasteiger partial charge on any atom is -0.375 e. The van der Waals surface area contributed by atoms with Crippen LogP contribution in [0.3, 0.4) is 0 Å². The van der Waals surface area contributed by atoms with Crippen LogP contribution in [0.5, 0.6) is 0 Å². The fourth-order valence-electron chi connectivity index (χ4n) is 3.52. The fraction of sp³-hybridized carbons (Fsp3) is 0.571. The average molecular weight is 306 g/mol. The quantitative estimate of drug-likeness (QED) is 0.677. The van der Waals surface area contributed by atoms with Crippen LogP contribution in [-0.2, 0) is 0 Å². The molecule has 2 aliphatic rings. The van der Waals surface area contributed by atoms with Crippen LogP contribution in [0.1, 0.15) is 25.7 Å². The number of piperidine rings is 1. The van der Waals surface area contributed by atoms with Crippen LogP contribution in [0.15, 0.2) is 18.2 Å². The van der Waals surface area contributed by atoms with E-state index in [1.54, 1.807) is 0 Å². The summed E-state index contributed by atoms with van der Waals surface area (Å²) in [5, 5.41) is 25.2. The van der Waals surface area contributed by atoms with Gasteiger partial charge in [-0.2, -0.15) is 0 Å². The van der Waals surface area contributed by atoms with Crippen LogP contribution < -0.4 is 5.32 Å². The number of anilines is 1. The Balaban J connectivity index is 1.82. The number of hydrogen-bond donors (Lipinski definition) is 1. The smallest absolute Gasteiger partial charge is 0.299 e. The molecule has 3 rings (SSSR count). The van der Waals surface area contributed by atoms with Gasteiger partial charge in [-0.1, -0.05) is 6.42 Å². The van der Waals surface area contributed by atoms with Crippen molar-refractivity contribution in [3.05, 3.63) is 38.4 Å². The Kier molecular flexibility index (Phi) is 3.93. The first-order valence-electron chi connectivity index (χ1n) is 7.49. The maximum absolute atomic E-state index is 11.2. The normalized spacial score (nSPS) is 24.7. The zero-order chi connectivity index (χ0) is 15.7. The Morgan fingerprint density at radius 2 is 1.91 bits per heavy atom. The predicted molar refractivity (Wildman–Crippen MR) is 81.0 cm³/mol. The molecule has 22 heavy (non-hydrogen) atoms. The molecule has 0 radical (unpaired) electrons. The molecule has 0 bridgehead atoms. The van der Waals surface area contributed by atoms with E-state index in [9.17, 15) is 20.2 Å². The van der Waals surface area contributed by atoms with Crippen LogP contribution in [0, 0.1) is 20.2 Å². The zero-order valence-electron chi connectivity index (χ0n) is 12.1. The maximum Gasteiger partial charge on any atom is 0.299 e. The molecule has 1 N–H and O–H groups in total. The lowest BCUT2D eigenvalue weighted by molar-refractivity contribution is -0.393. The van der Waals surface area contributed by atoms with Crippen LogP contribution in [0.2, 0.25) is 0 Å². The molecule has 2 aliphatic heterocycles. The van der Waals surface area contributed by atoms with Crippen molar-refractivity contribution in [1.29, 1.82) is 0 Å². The van der Waals surface area contributed by atoms with Gasteiger partial charge >= 0.3 is 0 Å². The molecule has 0 unspecified atom stereocenters. The van der Waals surface area contributed by atoms with E-state index in [2.05, 4.69) is 10.2 Å². The second-order valence-corrected chi connectivity index (χ2v) is 5.85. The van der Waals surface area contributed by atoms with Crippen molar-refractivity contribution < 1.29 is 9.85 Å². The van der Waals surface area contributed by atoms with Crippen LogP contribution in [-0.4, -0.2) is 39.9 Å². The van der Waals surface area contributed by atoms with E-state index >= 15 is 0 Å². The molecule has 118 valence electrons. The average Bonchev–Trinajstić information content (AvgIpc) is 2.90. The SMILES string of the molecule is O=[N+]([O-])c1ccc(N[C@@H]2CCN3CCCC[C@H]23)c([N+](=O)[O-])c1. The molecular weight excluding hydrogens is 288 g/mol. The fourth-order valence-corrected chi connectivity index (χ4v) is 3.52. The molecule has 0 saturated carbocycles. The summed E-state index contributed by atoms with van der Waals surface area (Å²) in [5.41, 5.74) is -0.126. The number of nitro benzene ring substituents is 2. The highest BCUT2D eigenvalue weighted by molar-refractivity contribution is 5.65. The number of rotatable bonds is 4. The van der Waals surface area contributed by atoms with Gasteiger partial charge in [0.1, 0.15) is 5.69 Å². The molecule has 0 spiro atoms. The van der Waals surface area contributed by atoms with Crippen molar-refractivity contribution in [3.8, 4) is 0 Å². The van der Waals surface area contributed by atoms with Crippen molar-refractivity contribution in [3.63, 3.8) is 0 Å². The summed E-state index contributed by atoms with van der Waals surface area (Å²) < 4.78 is 0. The van der Waals surface area contributed by atoms with E-state index in [1.807, 2.05) is 0 Å². The molecule has 2 heterocycles. The third kappa shape index (κ3) is 2.74. The maximum atomic E-state index is 11.2. The van der Waals surface area contributed by atoms with Gasteiger partial charge in [-0.05, 0) is 31.9 Å². The Morgan fingerprint density at radius 3 is 2.64 bits per heavy atom. The number of nitrogens with one attached hydrogen (secondary N) is 1. The summed E-state index contributed by atoms with van der Waals surface area (Å²) in [6.45, 7) is 2.09. The van der Waals surface area contributed by atoms with Gasteiger partial charge in [0.15, 0.2) is 0 Å². The number of nitrogens with zero attached hydrogens (tertiary/aromatic N) is 3. The van der Waals surface area contributed by atoms with Crippen LogP contribution in [0.25, 0.3) is 0 Å². The first-order valence-corrected chi connectivity index (χ1v) is 7.49. The van der Waals surface area contributed by atoms with E-state index in [1.165, 1.54) is 25.0 Å². The number of benzene rings is 1. The van der Waals surface area contributed by atoms with Crippen molar-refractivity contribution in [2.75, 3.05) is 18.4 Å². The lowest BCUT2D eigenvalue weighted by Gasteiger charge is -2.32. The first-order chi connectivity index (χ1) is 10.6. The van der Waals surface area contributed by atoms with Crippen molar-refractivity contribution in [2.24, 2.45) is 0 Å². The van der Waals surface area contributed by atoms with Crippen molar-refractivity contribution in [2.45, 2.75) is 37.8 Å². The topological polar surface area (TPSA) is 102 Å². The molecule has 0 aliphatic carbocycles. The highest BCUT2D eigenvalue weighted by Crippen LogP contribution is 2.34. The molecule has 8 nitrogen and oxygen atoms in total. The molecule has 2 atom stereocenters. The van der Waals surface area contributed by atoms with E-state index < -0.39 is 9.85 Å². The Morgan fingerprint density at radius 1 is 1.09 bits per heavy atom. The summed E-state index contributed by atoms with van der Waals surface area (Å²) in [7, 11) is 0. The Bertz CT molecular complexity index is 607. The first kappa shape index (κ1) is 14.7. The summed E-state index contributed by atoms with van der Waals surface area (Å²) in [6, 6.07) is 4.35. The van der Waals surface area contributed by atoms with Gasteiger partial charge in [0.2, 0.25) is 0 Å². The molecule has 2 saturated heterocycles. The lowest BCUT2D eigenvalue weighted by Crippen LogP contribution is -2.41. The summed E-state index contributed by atoms with van der Waals surface area (Å²) in [5.74, 6) is 0. The standard InChI is InChI=1S/C14H18N4O4/c19-17(20)10-4-5-11(14(9-10)18(21)22)15-12-6-8-16-7-2-1-3-13(12)16/h4-5,9,12-13,15H,1-3,6-8H2/t12-,13-/m1/s1. The monoisotopic (exact) mass is 306 g/mol.